The van der Waals surface area contributed by atoms with E-state index in [0.717, 1.165) is 61.4 Å². The van der Waals surface area contributed by atoms with Crippen molar-refractivity contribution in [2.24, 2.45) is 0 Å². The van der Waals surface area contributed by atoms with Gasteiger partial charge < -0.3 is 15.2 Å². The minimum Gasteiger partial charge on any atom is -0.505 e. The number of morpholine rings is 1. The normalized spacial score (nSPS) is 15.0. The largest absolute Gasteiger partial charge is 0.505 e. The molecular formula is C26H35N5O3. The number of hydrogen-bond acceptors (Lipinski definition) is 6. The van der Waals surface area contributed by atoms with Crippen LogP contribution in [0.3, 0.4) is 0 Å². The summed E-state index contributed by atoms with van der Waals surface area (Å²) in [5, 5.41) is 23.2. The van der Waals surface area contributed by atoms with Gasteiger partial charge in [0.05, 0.1) is 13.2 Å². The lowest BCUT2D eigenvalue weighted by atomic mass is 9.84. The summed E-state index contributed by atoms with van der Waals surface area (Å²) in [6, 6.07) is 11.5. The number of phenols is 1. The van der Waals surface area contributed by atoms with Crippen molar-refractivity contribution >= 4 is 16.9 Å². The molecule has 8 nitrogen and oxygen atoms in total. The first-order valence-corrected chi connectivity index (χ1v) is 12.1. The second-order valence-corrected chi connectivity index (χ2v) is 9.90. The number of rotatable bonds is 8. The van der Waals surface area contributed by atoms with Crippen LogP contribution in [0.5, 0.6) is 5.75 Å². The van der Waals surface area contributed by atoms with E-state index >= 15 is 0 Å². The zero-order valence-electron chi connectivity index (χ0n) is 20.4. The van der Waals surface area contributed by atoms with Gasteiger partial charge in [0, 0.05) is 31.6 Å². The molecule has 0 unspecified atom stereocenters. The zero-order valence-corrected chi connectivity index (χ0v) is 20.4. The van der Waals surface area contributed by atoms with Crippen molar-refractivity contribution in [3.8, 4) is 11.4 Å². The lowest BCUT2D eigenvalue weighted by molar-refractivity contribution is -0.121. The summed E-state index contributed by atoms with van der Waals surface area (Å²) < 4.78 is 5.37. The first kappa shape index (κ1) is 24.2. The molecule has 1 aromatic heterocycles. The van der Waals surface area contributed by atoms with Gasteiger partial charge in [0.25, 0.3) is 0 Å². The maximum absolute atomic E-state index is 12.5. The molecule has 0 aliphatic carbocycles. The fraction of sp³-hybridized carbons (Fsp3) is 0.500. The maximum atomic E-state index is 12.5. The van der Waals surface area contributed by atoms with Crippen molar-refractivity contribution in [1.29, 1.82) is 0 Å². The molecule has 4 rings (SSSR count). The number of ether oxygens (including phenoxy) is 1. The Labute approximate surface area is 200 Å². The lowest BCUT2D eigenvalue weighted by Crippen LogP contribution is -2.38. The fourth-order valence-corrected chi connectivity index (χ4v) is 4.21. The highest BCUT2D eigenvalue weighted by Crippen LogP contribution is 2.36. The van der Waals surface area contributed by atoms with Crippen LogP contribution in [0.4, 0.5) is 0 Å². The highest BCUT2D eigenvalue weighted by Gasteiger charge is 2.23. The monoisotopic (exact) mass is 465 g/mol. The van der Waals surface area contributed by atoms with Gasteiger partial charge in [0.15, 0.2) is 0 Å². The molecule has 8 heteroatoms. The number of carbonyl (C=O) groups excluding carboxylic acids is 1. The molecule has 0 atom stereocenters. The van der Waals surface area contributed by atoms with Crippen LogP contribution in [0.2, 0.25) is 0 Å². The zero-order chi connectivity index (χ0) is 24.1. The summed E-state index contributed by atoms with van der Waals surface area (Å²) in [6.07, 6.45) is 1.90. The molecule has 2 heterocycles. The summed E-state index contributed by atoms with van der Waals surface area (Å²) in [5.74, 6) is 0.209. The van der Waals surface area contributed by atoms with Gasteiger partial charge in [0.1, 0.15) is 22.5 Å². The fourth-order valence-electron chi connectivity index (χ4n) is 4.21. The van der Waals surface area contributed by atoms with Crippen LogP contribution >= 0.6 is 0 Å². The quantitative estimate of drug-likeness (QED) is 0.497. The predicted molar refractivity (Wildman–Crippen MR) is 132 cm³/mol. The molecule has 0 saturated carbocycles. The first-order chi connectivity index (χ1) is 16.3. The number of phenolic OH excluding ortho intramolecular Hbond substituents is 1. The van der Waals surface area contributed by atoms with Gasteiger partial charge in [-0.25, -0.2) is 0 Å². The van der Waals surface area contributed by atoms with E-state index in [4.69, 9.17) is 4.74 Å². The van der Waals surface area contributed by atoms with Crippen LogP contribution < -0.4 is 5.32 Å². The molecule has 0 bridgehead atoms. The van der Waals surface area contributed by atoms with Gasteiger partial charge in [-0.3, -0.25) is 9.69 Å². The Morgan fingerprint density at radius 1 is 1.12 bits per heavy atom. The molecule has 1 amide bonds. The number of fused-ring (bicyclic) bond motifs is 1. The van der Waals surface area contributed by atoms with Gasteiger partial charge >= 0.3 is 0 Å². The summed E-state index contributed by atoms with van der Waals surface area (Å²) in [6.45, 7) is 11.3. The smallest absolute Gasteiger partial charge is 0.220 e. The summed E-state index contributed by atoms with van der Waals surface area (Å²) in [4.78, 5) is 16.3. The number of aromatic hydroxyl groups is 1. The summed E-state index contributed by atoms with van der Waals surface area (Å²) in [7, 11) is 0. The van der Waals surface area contributed by atoms with E-state index < -0.39 is 0 Å². The third-order valence-corrected chi connectivity index (χ3v) is 6.18. The van der Waals surface area contributed by atoms with Crippen molar-refractivity contribution < 1.29 is 14.6 Å². The van der Waals surface area contributed by atoms with Gasteiger partial charge in [-0.05, 0) is 48.6 Å². The molecular weight excluding hydrogens is 430 g/mol. The average molecular weight is 466 g/mol. The third-order valence-electron chi connectivity index (χ3n) is 6.18. The molecule has 1 fully saturated rings. The number of aryl methyl sites for hydroxylation is 1. The molecule has 1 aliphatic rings. The van der Waals surface area contributed by atoms with Gasteiger partial charge in [0.2, 0.25) is 5.91 Å². The van der Waals surface area contributed by atoms with Crippen molar-refractivity contribution in [1.82, 2.24) is 25.2 Å². The van der Waals surface area contributed by atoms with Gasteiger partial charge in [-0.2, -0.15) is 0 Å². The Kier molecular flexibility index (Phi) is 7.48. The minimum absolute atomic E-state index is 0.0388. The molecule has 182 valence electrons. The number of carbonyl (C=O) groups is 1. The number of nitrogens with zero attached hydrogens (tertiary/aromatic N) is 4. The van der Waals surface area contributed by atoms with E-state index in [-0.39, 0.29) is 17.1 Å². The minimum atomic E-state index is -0.275. The van der Waals surface area contributed by atoms with Crippen molar-refractivity contribution in [3.63, 3.8) is 0 Å². The molecule has 1 aliphatic heterocycles. The molecule has 2 aromatic carbocycles. The summed E-state index contributed by atoms with van der Waals surface area (Å²) in [5.41, 5.74) is 3.57. The van der Waals surface area contributed by atoms with E-state index in [9.17, 15) is 9.90 Å². The third kappa shape index (κ3) is 5.93. The average Bonchev–Trinajstić information content (AvgIpc) is 3.25. The number of benzene rings is 2. The van der Waals surface area contributed by atoms with Crippen LogP contribution in [0.25, 0.3) is 16.7 Å². The SMILES string of the molecule is CC(C)(C)c1cc(CCC(=O)NCCCN2CCOCC2)cc(-n2nc3ccccc3n2)c1O. The van der Waals surface area contributed by atoms with Crippen molar-refractivity contribution in [3.05, 3.63) is 47.5 Å². The summed E-state index contributed by atoms with van der Waals surface area (Å²) >= 11 is 0. The Hall–Kier alpha value is -2.97. The topological polar surface area (TPSA) is 92.5 Å². The molecule has 3 aromatic rings. The van der Waals surface area contributed by atoms with Crippen LogP contribution in [-0.4, -0.2) is 70.3 Å². The molecule has 34 heavy (non-hydrogen) atoms. The van der Waals surface area contributed by atoms with E-state index in [1.165, 1.54) is 4.80 Å². The van der Waals surface area contributed by atoms with Crippen LogP contribution in [0, 0.1) is 0 Å². The number of hydrogen-bond donors (Lipinski definition) is 2. The molecule has 0 radical (unpaired) electrons. The Morgan fingerprint density at radius 3 is 2.44 bits per heavy atom. The lowest BCUT2D eigenvalue weighted by Gasteiger charge is -2.26. The highest BCUT2D eigenvalue weighted by atomic mass is 16.5. The first-order valence-electron chi connectivity index (χ1n) is 12.1. The van der Waals surface area contributed by atoms with Crippen LogP contribution in [-0.2, 0) is 21.4 Å². The van der Waals surface area contributed by atoms with Crippen LogP contribution in [0.1, 0.15) is 44.7 Å². The molecule has 0 spiro atoms. The Balaban J connectivity index is 1.42. The van der Waals surface area contributed by atoms with E-state index in [1.807, 2.05) is 36.4 Å². The molecule has 1 saturated heterocycles. The Morgan fingerprint density at radius 2 is 1.79 bits per heavy atom. The number of amides is 1. The standard InChI is InChI=1S/C26H35N5O3/c1-26(2,3)20-17-19(9-10-24(32)27-11-6-12-30-13-15-34-16-14-30)18-23(25(20)33)31-28-21-7-4-5-8-22(21)29-31/h4-5,7-8,17-18,33H,6,9-16H2,1-3H3,(H,27,32). The highest BCUT2D eigenvalue weighted by molar-refractivity contribution is 5.76. The maximum Gasteiger partial charge on any atom is 0.220 e. The van der Waals surface area contributed by atoms with Crippen molar-refractivity contribution in [2.75, 3.05) is 39.4 Å². The van der Waals surface area contributed by atoms with E-state index in [2.05, 4.69) is 41.2 Å². The van der Waals surface area contributed by atoms with E-state index in [0.29, 0.717) is 25.1 Å². The van der Waals surface area contributed by atoms with Crippen molar-refractivity contribution in [2.45, 2.75) is 45.4 Å². The number of aromatic nitrogens is 3. The number of nitrogens with one attached hydrogen (secondary N) is 1. The Bertz CT molecular complexity index is 1100. The predicted octanol–water partition coefficient (Wildman–Crippen LogP) is 3.19. The molecule has 2 N–H and O–H groups in total. The second kappa shape index (κ2) is 10.5. The van der Waals surface area contributed by atoms with E-state index in [1.54, 1.807) is 0 Å². The van der Waals surface area contributed by atoms with Gasteiger partial charge in [-0.15, -0.1) is 15.0 Å². The van der Waals surface area contributed by atoms with Crippen LogP contribution in [0.15, 0.2) is 36.4 Å². The second-order valence-electron chi connectivity index (χ2n) is 9.90. The van der Waals surface area contributed by atoms with Gasteiger partial charge in [-0.1, -0.05) is 39.0 Å².